The van der Waals surface area contributed by atoms with E-state index in [9.17, 15) is 13.9 Å². The molecular formula is C12H8BrClF2OS. The first-order valence-electron chi connectivity index (χ1n) is 5.04. The molecule has 1 heterocycles. The number of aliphatic hydroxyl groups excluding tert-OH is 1. The number of aliphatic hydroxyl groups is 1. The van der Waals surface area contributed by atoms with Crippen molar-refractivity contribution in [3.8, 4) is 0 Å². The smallest absolute Gasteiger partial charge is 0.129 e. The number of hydrogen-bond donors (Lipinski definition) is 1. The predicted molar refractivity (Wildman–Crippen MR) is 72.1 cm³/mol. The minimum Gasteiger partial charge on any atom is -0.387 e. The van der Waals surface area contributed by atoms with E-state index in [0.29, 0.717) is 13.7 Å². The second-order valence-corrected chi connectivity index (χ2v) is 6.23. The van der Waals surface area contributed by atoms with Gasteiger partial charge in [-0.3, -0.25) is 0 Å². The first-order valence-corrected chi connectivity index (χ1v) is 7.03. The summed E-state index contributed by atoms with van der Waals surface area (Å²) in [6.07, 6.45) is -1.10. The van der Waals surface area contributed by atoms with Gasteiger partial charge in [-0.25, -0.2) is 8.78 Å². The van der Waals surface area contributed by atoms with E-state index in [4.69, 9.17) is 11.6 Å². The zero-order valence-electron chi connectivity index (χ0n) is 8.96. The number of halogens is 4. The molecule has 96 valence electrons. The third kappa shape index (κ3) is 2.91. The van der Waals surface area contributed by atoms with Crippen molar-refractivity contribution in [1.82, 2.24) is 0 Å². The molecule has 1 atom stereocenters. The molecule has 0 spiro atoms. The van der Waals surface area contributed by atoms with Crippen molar-refractivity contribution in [2.45, 2.75) is 12.5 Å². The van der Waals surface area contributed by atoms with Crippen LogP contribution in [0.2, 0.25) is 4.34 Å². The van der Waals surface area contributed by atoms with Crippen molar-refractivity contribution in [3.05, 3.63) is 55.1 Å². The lowest BCUT2D eigenvalue weighted by Crippen LogP contribution is -2.04. The summed E-state index contributed by atoms with van der Waals surface area (Å²) < 4.78 is 28.0. The quantitative estimate of drug-likeness (QED) is 0.846. The van der Waals surface area contributed by atoms with Gasteiger partial charge in [-0.15, -0.1) is 11.3 Å². The molecule has 2 aromatic rings. The van der Waals surface area contributed by atoms with Crippen molar-refractivity contribution < 1.29 is 13.9 Å². The molecule has 0 saturated heterocycles. The molecule has 0 aliphatic carbocycles. The van der Waals surface area contributed by atoms with Crippen LogP contribution in [-0.4, -0.2) is 5.11 Å². The standard InChI is InChI=1S/C12H8BrClF2OS/c13-7-5-11(18-12(7)14)10(17)4-6-8(15)2-1-3-9(6)16/h1-3,5,10,17H,4H2. The summed E-state index contributed by atoms with van der Waals surface area (Å²) in [5.41, 5.74) is -0.120. The molecule has 18 heavy (non-hydrogen) atoms. The molecule has 1 unspecified atom stereocenters. The van der Waals surface area contributed by atoms with Crippen molar-refractivity contribution in [2.24, 2.45) is 0 Å². The van der Waals surface area contributed by atoms with Crippen LogP contribution in [0.1, 0.15) is 16.5 Å². The summed E-state index contributed by atoms with van der Waals surface area (Å²) >= 11 is 10.2. The molecule has 1 aromatic carbocycles. The average Bonchev–Trinajstić information content (AvgIpc) is 2.64. The highest BCUT2D eigenvalue weighted by atomic mass is 79.9. The number of thiophene rings is 1. The van der Waals surface area contributed by atoms with Crippen molar-refractivity contribution in [2.75, 3.05) is 0 Å². The normalized spacial score (nSPS) is 12.7. The van der Waals surface area contributed by atoms with Crippen LogP contribution >= 0.6 is 38.9 Å². The molecule has 1 N–H and O–H groups in total. The van der Waals surface area contributed by atoms with Crippen LogP contribution in [0.5, 0.6) is 0 Å². The lowest BCUT2D eigenvalue weighted by molar-refractivity contribution is 0.179. The van der Waals surface area contributed by atoms with Gasteiger partial charge in [0.25, 0.3) is 0 Å². The van der Waals surface area contributed by atoms with Gasteiger partial charge in [-0.2, -0.15) is 0 Å². The Morgan fingerprint density at radius 2 is 1.94 bits per heavy atom. The Balaban J connectivity index is 2.23. The van der Waals surface area contributed by atoms with Crippen LogP contribution in [0, 0.1) is 11.6 Å². The van der Waals surface area contributed by atoms with E-state index in [-0.39, 0.29) is 12.0 Å². The van der Waals surface area contributed by atoms with Gasteiger partial charge in [0.05, 0.1) is 6.10 Å². The minimum atomic E-state index is -0.981. The molecule has 1 aromatic heterocycles. The fourth-order valence-corrected chi connectivity index (χ4v) is 3.27. The molecule has 0 saturated carbocycles. The zero-order valence-corrected chi connectivity index (χ0v) is 12.1. The van der Waals surface area contributed by atoms with Gasteiger partial charge in [-0.1, -0.05) is 17.7 Å². The van der Waals surface area contributed by atoms with Crippen molar-refractivity contribution >= 4 is 38.9 Å². The SMILES string of the molecule is OC(Cc1c(F)cccc1F)c1cc(Br)c(Cl)s1. The lowest BCUT2D eigenvalue weighted by atomic mass is 10.1. The molecule has 0 aliphatic heterocycles. The largest absolute Gasteiger partial charge is 0.387 e. The number of hydrogen-bond acceptors (Lipinski definition) is 2. The zero-order chi connectivity index (χ0) is 13.3. The number of benzene rings is 1. The maximum atomic E-state index is 13.4. The minimum absolute atomic E-state index is 0.120. The van der Waals surface area contributed by atoms with Crippen LogP contribution in [0.3, 0.4) is 0 Å². The van der Waals surface area contributed by atoms with Crippen LogP contribution in [0.25, 0.3) is 0 Å². The first-order chi connectivity index (χ1) is 8.49. The number of rotatable bonds is 3. The van der Waals surface area contributed by atoms with Gasteiger partial charge in [0.15, 0.2) is 0 Å². The lowest BCUT2D eigenvalue weighted by Gasteiger charge is -2.10. The molecule has 0 amide bonds. The Morgan fingerprint density at radius 1 is 1.33 bits per heavy atom. The van der Waals surface area contributed by atoms with E-state index in [2.05, 4.69) is 15.9 Å². The Labute approximate surface area is 120 Å². The second-order valence-electron chi connectivity index (χ2n) is 3.69. The third-order valence-corrected chi connectivity index (χ3v) is 5.03. The fourth-order valence-electron chi connectivity index (χ4n) is 1.55. The highest BCUT2D eigenvalue weighted by molar-refractivity contribution is 9.10. The van der Waals surface area contributed by atoms with E-state index < -0.39 is 17.7 Å². The van der Waals surface area contributed by atoms with Crippen LogP contribution in [0.15, 0.2) is 28.7 Å². The van der Waals surface area contributed by atoms with Crippen LogP contribution in [-0.2, 0) is 6.42 Å². The summed E-state index contributed by atoms with van der Waals surface area (Å²) in [6, 6.07) is 5.28. The third-order valence-electron chi connectivity index (χ3n) is 2.45. The van der Waals surface area contributed by atoms with Crippen molar-refractivity contribution in [1.29, 1.82) is 0 Å². The van der Waals surface area contributed by atoms with Gasteiger partial charge < -0.3 is 5.11 Å². The van der Waals surface area contributed by atoms with Crippen LogP contribution < -0.4 is 0 Å². The second kappa shape index (κ2) is 5.65. The molecule has 0 aliphatic rings. The maximum absolute atomic E-state index is 13.4. The van der Waals surface area contributed by atoms with Gasteiger partial charge >= 0.3 is 0 Å². The Morgan fingerprint density at radius 3 is 2.44 bits per heavy atom. The molecule has 6 heteroatoms. The van der Waals surface area contributed by atoms with Gasteiger partial charge in [0, 0.05) is 21.3 Å². The summed E-state index contributed by atoms with van der Waals surface area (Å²) in [5, 5.41) is 9.96. The summed E-state index contributed by atoms with van der Waals surface area (Å²) in [7, 11) is 0. The van der Waals surface area contributed by atoms with Gasteiger partial charge in [-0.05, 0) is 34.1 Å². The molecular weight excluding hydrogens is 346 g/mol. The van der Waals surface area contributed by atoms with E-state index in [1.165, 1.54) is 29.5 Å². The topological polar surface area (TPSA) is 20.2 Å². The summed E-state index contributed by atoms with van der Waals surface area (Å²) in [6.45, 7) is 0. The average molecular weight is 354 g/mol. The molecule has 0 fully saturated rings. The van der Waals surface area contributed by atoms with Crippen LogP contribution in [0.4, 0.5) is 8.78 Å². The Hall–Kier alpha value is -0.490. The fraction of sp³-hybridized carbons (Fsp3) is 0.167. The van der Waals surface area contributed by atoms with E-state index in [1.807, 2.05) is 0 Å². The molecule has 1 nitrogen and oxygen atoms in total. The summed E-state index contributed by atoms with van der Waals surface area (Å²) in [4.78, 5) is 0.564. The van der Waals surface area contributed by atoms with Gasteiger partial charge in [0.1, 0.15) is 16.0 Å². The first kappa shape index (κ1) is 13.9. The molecule has 0 radical (unpaired) electrons. The molecule has 0 bridgehead atoms. The highest BCUT2D eigenvalue weighted by Gasteiger charge is 2.18. The maximum Gasteiger partial charge on any atom is 0.129 e. The van der Waals surface area contributed by atoms with E-state index in [1.54, 1.807) is 6.07 Å². The van der Waals surface area contributed by atoms with E-state index in [0.717, 1.165) is 0 Å². The van der Waals surface area contributed by atoms with Crippen molar-refractivity contribution in [3.63, 3.8) is 0 Å². The Kier molecular flexibility index (Phi) is 4.37. The predicted octanol–water partition coefficient (Wildman–Crippen LogP) is 4.72. The van der Waals surface area contributed by atoms with E-state index >= 15 is 0 Å². The Bertz CT molecular complexity index is 533. The molecule has 2 rings (SSSR count). The van der Waals surface area contributed by atoms with Gasteiger partial charge in [0.2, 0.25) is 0 Å². The highest BCUT2D eigenvalue weighted by Crippen LogP contribution is 2.36. The monoisotopic (exact) mass is 352 g/mol. The summed E-state index contributed by atoms with van der Waals surface area (Å²) in [5.74, 6) is -1.31.